The smallest absolute Gasteiger partial charge is 0.290 e. The summed E-state index contributed by atoms with van der Waals surface area (Å²) < 4.78 is 16.1. The lowest BCUT2D eigenvalue weighted by atomic mass is 9.95. The predicted octanol–water partition coefficient (Wildman–Crippen LogP) is 3.46. The molecular formula is C23H25NO6. The molecule has 7 heteroatoms. The van der Waals surface area contributed by atoms with E-state index in [4.69, 9.17) is 14.2 Å². The molecule has 1 N–H and O–H groups in total. The number of benzene rings is 2. The van der Waals surface area contributed by atoms with Gasteiger partial charge in [0.1, 0.15) is 23.9 Å². The Balaban J connectivity index is 1.81. The van der Waals surface area contributed by atoms with Gasteiger partial charge in [0.15, 0.2) is 11.5 Å². The molecule has 7 nitrogen and oxygen atoms in total. The van der Waals surface area contributed by atoms with Gasteiger partial charge in [-0.1, -0.05) is 19.1 Å². The zero-order valence-corrected chi connectivity index (χ0v) is 17.3. The van der Waals surface area contributed by atoms with Gasteiger partial charge in [-0.25, -0.2) is 0 Å². The van der Waals surface area contributed by atoms with Crippen LogP contribution in [-0.2, 0) is 9.59 Å². The van der Waals surface area contributed by atoms with Crippen LogP contribution in [0.2, 0.25) is 0 Å². The van der Waals surface area contributed by atoms with E-state index in [1.165, 1.54) is 4.90 Å². The second-order valence-corrected chi connectivity index (χ2v) is 6.74. The Morgan fingerprint density at radius 2 is 1.50 bits per heavy atom. The van der Waals surface area contributed by atoms with Crippen LogP contribution < -0.4 is 14.2 Å². The van der Waals surface area contributed by atoms with Crippen LogP contribution in [-0.4, -0.2) is 49.1 Å². The van der Waals surface area contributed by atoms with Crippen molar-refractivity contribution in [2.24, 2.45) is 0 Å². The van der Waals surface area contributed by atoms with Gasteiger partial charge in [0.25, 0.3) is 5.91 Å². The molecule has 0 spiro atoms. The van der Waals surface area contributed by atoms with Crippen molar-refractivity contribution in [2.45, 2.75) is 19.4 Å². The van der Waals surface area contributed by atoms with E-state index in [1.807, 2.05) is 0 Å². The fraction of sp³-hybridized carbons (Fsp3) is 0.304. The minimum Gasteiger partial charge on any atom is -0.503 e. The number of hydrogen-bond acceptors (Lipinski definition) is 6. The second-order valence-electron chi connectivity index (χ2n) is 6.74. The number of aliphatic hydroxyl groups is 1. The van der Waals surface area contributed by atoms with Crippen LogP contribution in [0.5, 0.6) is 17.2 Å². The van der Waals surface area contributed by atoms with Gasteiger partial charge < -0.3 is 24.2 Å². The molecule has 0 aliphatic carbocycles. The van der Waals surface area contributed by atoms with E-state index in [1.54, 1.807) is 69.7 Å². The summed E-state index contributed by atoms with van der Waals surface area (Å²) in [7, 11) is 3.15. The maximum Gasteiger partial charge on any atom is 0.290 e. The number of aliphatic hydroxyl groups excluding tert-OH is 1. The first kappa shape index (κ1) is 21.2. The van der Waals surface area contributed by atoms with Crippen LogP contribution in [0.1, 0.15) is 24.9 Å². The molecule has 1 heterocycles. The second kappa shape index (κ2) is 9.35. The molecule has 2 aromatic carbocycles. The number of Topliss-reactive ketones (excluding diaryl/α,β-unsaturated/α-hetero) is 1. The Labute approximate surface area is 175 Å². The van der Waals surface area contributed by atoms with Gasteiger partial charge in [-0.3, -0.25) is 9.59 Å². The summed E-state index contributed by atoms with van der Waals surface area (Å²) in [6.07, 6.45) is 0.190. The molecule has 158 valence electrons. The first-order valence-electron chi connectivity index (χ1n) is 9.68. The topological polar surface area (TPSA) is 85.3 Å². The number of nitrogens with zero attached hydrogens (tertiary/aromatic N) is 1. The molecule has 1 atom stereocenters. The zero-order chi connectivity index (χ0) is 21.7. The van der Waals surface area contributed by atoms with Gasteiger partial charge in [0.05, 0.1) is 32.4 Å². The van der Waals surface area contributed by atoms with Crippen molar-refractivity contribution in [3.05, 3.63) is 65.4 Å². The molecule has 1 aliphatic rings. The van der Waals surface area contributed by atoms with Crippen molar-refractivity contribution in [1.82, 2.24) is 4.90 Å². The number of rotatable bonds is 9. The van der Waals surface area contributed by atoms with Crippen molar-refractivity contribution in [2.75, 3.05) is 27.4 Å². The number of methoxy groups -OCH3 is 2. The molecule has 2 aromatic rings. The molecule has 3 rings (SSSR count). The average Bonchev–Trinajstić information content (AvgIpc) is 3.04. The molecule has 0 saturated carbocycles. The van der Waals surface area contributed by atoms with Crippen LogP contribution in [0.15, 0.2) is 59.9 Å². The highest BCUT2D eigenvalue weighted by molar-refractivity contribution is 6.08. The third-order valence-corrected chi connectivity index (χ3v) is 5.02. The van der Waals surface area contributed by atoms with Crippen molar-refractivity contribution >= 4 is 11.7 Å². The molecular weight excluding hydrogens is 386 g/mol. The van der Waals surface area contributed by atoms with Gasteiger partial charge in [0, 0.05) is 6.42 Å². The van der Waals surface area contributed by atoms with E-state index >= 15 is 0 Å². The SMILES string of the molecule is CCC(=O)C1=C(O)C(=O)N(CCOc2ccc(OC)cc2)C1c1ccc(OC)cc1. The van der Waals surface area contributed by atoms with Gasteiger partial charge in [-0.05, 0) is 42.0 Å². The Morgan fingerprint density at radius 3 is 2.03 bits per heavy atom. The van der Waals surface area contributed by atoms with Crippen molar-refractivity contribution in [1.29, 1.82) is 0 Å². The number of amides is 1. The van der Waals surface area contributed by atoms with E-state index < -0.39 is 17.7 Å². The number of ketones is 1. The van der Waals surface area contributed by atoms with Gasteiger partial charge in [-0.2, -0.15) is 0 Å². The fourth-order valence-corrected chi connectivity index (χ4v) is 3.43. The maximum absolute atomic E-state index is 12.7. The summed E-state index contributed by atoms with van der Waals surface area (Å²) in [5.74, 6) is 0.673. The van der Waals surface area contributed by atoms with Crippen LogP contribution in [0, 0.1) is 0 Å². The molecule has 0 radical (unpaired) electrons. The zero-order valence-electron chi connectivity index (χ0n) is 17.3. The number of ether oxygens (including phenoxy) is 3. The molecule has 30 heavy (non-hydrogen) atoms. The summed E-state index contributed by atoms with van der Waals surface area (Å²) in [5.41, 5.74) is 0.839. The first-order valence-corrected chi connectivity index (χ1v) is 9.68. The Bertz CT molecular complexity index is 933. The molecule has 0 aromatic heterocycles. The van der Waals surface area contributed by atoms with E-state index in [2.05, 4.69) is 0 Å². The standard InChI is InChI=1S/C23H25NO6/c1-4-19(25)20-21(15-5-7-16(28-2)8-6-15)24(23(27)22(20)26)13-14-30-18-11-9-17(29-3)10-12-18/h5-12,21,26H,4,13-14H2,1-3H3. The van der Waals surface area contributed by atoms with Crippen molar-refractivity contribution < 1.29 is 28.9 Å². The molecule has 0 bridgehead atoms. The predicted molar refractivity (Wildman–Crippen MR) is 111 cm³/mol. The van der Waals surface area contributed by atoms with E-state index in [9.17, 15) is 14.7 Å². The fourth-order valence-electron chi connectivity index (χ4n) is 3.43. The molecule has 1 amide bonds. The quantitative estimate of drug-likeness (QED) is 0.680. The largest absolute Gasteiger partial charge is 0.503 e. The van der Waals surface area contributed by atoms with Crippen molar-refractivity contribution in [3.8, 4) is 17.2 Å². The summed E-state index contributed by atoms with van der Waals surface area (Å²) >= 11 is 0. The van der Waals surface area contributed by atoms with Crippen LogP contribution in [0.25, 0.3) is 0 Å². The lowest BCUT2D eigenvalue weighted by Crippen LogP contribution is -2.34. The van der Waals surface area contributed by atoms with Crippen LogP contribution in [0.3, 0.4) is 0 Å². The highest BCUT2D eigenvalue weighted by Gasteiger charge is 2.42. The van der Waals surface area contributed by atoms with Gasteiger partial charge >= 0.3 is 0 Å². The summed E-state index contributed by atoms with van der Waals surface area (Å²) in [6.45, 7) is 2.10. The van der Waals surface area contributed by atoms with E-state index in [-0.39, 0.29) is 30.9 Å². The minimum absolute atomic E-state index is 0.122. The Morgan fingerprint density at radius 1 is 0.967 bits per heavy atom. The first-order chi connectivity index (χ1) is 14.5. The number of carbonyl (C=O) groups excluding carboxylic acids is 2. The average molecular weight is 411 g/mol. The molecule has 0 saturated heterocycles. The lowest BCUT2D eigenvalue weighted by molar-refractivity contribution is -0.129. The minimum atomic E-state index is -0.671. The lowest BCUT2D eigenvalue weighted by Gasteiger charge is -2.27. The number of carbonyl (C=O) groups is 2. The van der Waals surface area contributed by atoms with E-state index in [0.29, 0.717) is 17.2 Å². The maximum atomic E-state index is 12.7. The highest BCUT2D eigenvalue weighted by Crippen LogP contribution is 2.38. The van der Waals surface area contributed by atoms with Crippen molar-refractivity contribution in [3.63, 3.8) is 0 Å². The normalized spacial score (nSPS) is 16.0. The molecule has 1 unspecified atom stereocenters. The van der Waals surface area contributed by atoms with E-state index in [0.717, 1.165) is 5.56 Å². The van der Waals surface area contributed by atoms with Gasteiger partial charge in [0.2, 0.25) is 0 Å². The van der Waals surface area contributed by atoms with Gasteiger partial charge in [-0.15, -0.1) is 0 Å². The van der Waals surface area contributed by atoms with Crippen LogP contribution in [0.4, 0.5) is 0 Å². The molecule has 1 aliphatic heterocycles. The molecule has 0 fully saturated rings. The third kappa shape index (κ3) is 4.25. The monoisotopic (exact) mass is 411 g/mol. The Hall–Kier alpha value is -3.48. The summed E-state index contributed by atoms with van der Waals surface area (Å²) in [5, 5.41) is 10.4. The summed E-state index contributed by atoms with van der Waals surface area (Å²) in [6, 6.07) is 13.5. The van der Waals surface area contributed by atoms with Crippen LogP contribution >= 0.6 is 0 Å². The highest BCUT2D eigenvalue weighted by atomic mass is 16.5. The summed E-state index contributed by atoms with van der Waals surface area (Å²) in [4.78, 5) is 26.7. The third-order valence-electron chi connectivity index (χ3n) is 5.02. The number of hydrogen-bond donors (Lipinski definition) is 1. The Kier molecular flexibility index (Phi) is 6.61.